The molecule has 3 aromatic carbocycles. The molecule has 0 radical (unpaired) electrons. The minimum absolute atomic E-state index is 0.0971. The molecule has 0 fully saturated rings. The lowest BCUT2D eigenvalue weighted by atomic mass is 10.0. The summed E-state index contributed by atoms with van der Waals surface area (Å²) in [5, 5.41) is 5.11. The highest BCUT2D eigenvalue weighted by atomic mass is 19.1. The zero-order valence-electron chi connectivity index (χ0n) is 14.3. The van der Waals surface area contributed by atoms with Gasteiger partial charge in [-0.1, -0.05) is 48.5 Å². The molecule has 3 nitrogen and oxygen atoms in total. The molecule has 1 amide bonds. The van der Waals surface area contributed by atoms with Gasteiger partial charge in [0.25, 0.3) is 0 Å². The van der Waals surface area contributed by atoms with Gasteiger partial charge in [-0.3, -0.25) is 4.79 Å². The second-order valence-electron chi connectivity index (χ2n) is 6.00. The fourth-order valence-electron chi connectivity index (χ4n) is 2.95. The van der Waals surface area contributed by atoms with Gasteiger partial charge in [-0.15, -0.1) is 0 Å². The van der Waals surface area contributed by atoms with Gasteiger partial charge in [-0.25, -0.2) is 4.39 Å². The lowest BCUT2D eigenvalue weighted by molar-refractivity contribution is -0.121. The van der Waals surface area contributed by atoms with E-state index in [2.05, 4.69) is 5.32 Å². The Morgan fingerprint density at radius 2 is 1.88 bits per heavy atom. The monoisotopic (exact) mass is 337 g/mol. The molecule has 0 saturated heterocycles. The first-order valence-electron chi connectivity index (χ1n) is 8.18. The number of ether oxygens (including phenoxy) is 1. The first-order valence-corrected chi connectivity index (χ1v) is 8.18. The number of benzene rings is 3. The Hall–Kier alpha value is -2.88. The Morgan fingerprint density at radius 3 is 2.64 bits per heavy atom. The van der Waals surface area contributed by atoms with Crippen LogP contribution in [-0.2, 0) is 11.2 Å². The van der Waals surface area contributed by atoms with Gasteiger partial charge >= 0.3 is 0 Å². The molecule has 0 bridgehead atoms. The van der Waals surface area contributed by atoms with Crippen LogP contribution in [-0.4, -0.2) is 13.0 Å². The highest BCUT2D eigenvalue weighted by Gasteiger charge is 2.13. The molecule has 25 heavy (non-hydrogen) atoms. The van der Waals surface area contributed by atoms with Crippen molar-refractivity contribution in [1.82, 2.24) is 5.32 Å². The second kappa shape index (κ2) is 7.34. The predicted molar refractivity (Wildman–Crippen MR) is 97.2 cm³/mol. The molecule has 0 aromatic heterocycles. The molecule has 0 aliphatic rings. The van der Waals surface area contributed by atoms with Gasteiger partial charge in [-0.05, 0) is 41.0 Å². The smallest absolute Gasteiger partial charge is 0.224 e. The number of carbonyl (C=O) groups excluding carboxylic acids is 1. The zero-order valence-corrected chi connectivity index (χ0v) is 14.3. The van der Waals surface area contributed by atoms with Gasteiger partial charge in [0.05, 0.1) is 19.6 Å². The Labute approximate surface area is 146 Å². The molecule has 4 heteroatoms. The van der Waals surface area contributed by atoms with Crippen molar-refractivity contribution in [3.8, 4) is 5.75 Å². The molecule has 0 heterocycles. The Morgan fingerprint density at radius 1 is 1.12 bits per heavy atom. The lowest BCUT2D eigenvalue weighted by Crippen LogP contribution is -2.28. The summed E-state index contributed by atoms with van der Waals surface area (Å²) in [6, 6.07) is 18.3. The van der Waals surface area contributed by atoms with E-state index in [-0.39, 0.29) is 24.1 Å². The van der Waals surface area contributed by atoms with Crippen LogP contribution in [0.25, 0.3) is 10.8 Å². The second-order valence-corrected chi connectivity index (χ2v) is 6.00. The van der Waals surface area contributed by atoms with E-state index in [1.807, 2.05) is 49.4 Å². The molecular formula is C21H20FNO2. The number of halogens is 1. The molecule has 0 aliphatic carbocycles. The SMILES string of the molecule is COc1ccc([C@H](C)NC(=O)Cc2cccc3ccccc23)cc1F. The van der Waals surface area contributed by atoms with Crippen LogP contribution in [0, 0.1) is 5.82 Å². The summed E-state index contributed by atoms with van der Waals surface area (Å²) in [5.41, 5.74) is 1.67. The van der Waals surface area contributed by atoms with Crippen LogP contribution in [0.2, 0.25) is 0 Å². The number of carbonyl (C=O) groups is 1. The molecule has 3 rings (SSSR count). The van der Waals surface area contributed by atoms with Crippen molar-refractivity contribution in [2.45, 2.75) is 19.4 Å². The Balaban J connectivity index is 1.72. The van der Waals surface area contributed by atoms with Crippen molar-refractivity contribution in [1.29, 1.82) is 0 Å². The largest absolute Gasteiger partial charge is 0.494 e. The number of amides is 1. The third kappa shape index (κ3) is 3.79. The van der Waals surface area contributed by atoms with Crippen LogP contribution in [0.1, 0.15) is 24.1 Å². The summed E-state index contributed by atoms with van der Waals surface area (Å²) in [7, 11) is 1.42. The van der Waals surface area contributed by atoms with Crippen LogP contribution < -0.4 is 10.1 Å². The molecule has 0 spiro atoms. The Bertz CT molecular complexity index is 902. The van der Waals surface area contributed by atoms with Crippen molar-refractivity contribution >= 4 is 16.7 Å². The predicted octanol–water partition coefficient (Wildman–Crippen LogP) is 4.41. The lowest BCUT2D eigenvalue weighted by Gasteiger charge is -2.16. The van der Waals surface area contributed by atoms with E-state index in [1.165, 1.54) is 13.2 Å². The van der Waals surface area contributed by atoms with Gasteiger partial charge in [0.1, 0.15) is 0 Å². The third-order valence-corrected chi connectivity index (χ3v) is 4.28. The summed E-state index contributed by atoms with van der Waals surface area (Å²) in [6.07, 6.45) is 0.282. The quantitative estimate of drug-likeness (QED) is 0.749. The van der Waals surface area contributed by atoms with Crippen LogP contribution >= 0.6 is 0 Å². The fraction of sp³-hybridized carbons (Fsp3) is 0.190. The van der Waals surface area contributed by atoms with Crippen LogP contribution in [0.5, 0.6) is 5.75 Å². The van der Waals surface area contributed by atoms with Crippen molar-refractivity contribution in [2.24, 2.45) is 0 Å². The van der Waals surface area contributed by atoms with Gasteiger partial charge in [0.2, 0.25) is 5.91 Å². The van der Waals surface area contributed by atoms with Crippen molar-refractivity contribution in [3.05, 3.63) is 77.6 Å². The zero-order chi connectivity index (χ0) is 17.8. The Kier molecular flexibility index (Phi) is 4.98. The van der Waals surface area contributed by atoms with Crippen LogP contribution in [0.15, 0.2) is 60.7 Å². The molecule has 1 N–H and O–H groups in total. The standard InChI is InChI=1S/C21H20FNO2/c1-14(16-10-11-20(25-2)19(22)12-16)23-21(24)13-17-8-5-7-15-6-3-4-9-18(15)17/h3-12,14H,13H2,1-2H3,(H,23,24)/t14-/m0/s1. The minimum atomic E-state index is -0.435. The van der Waals surface area contributed by atoms with E-state index in [0.717, 1.165) is 16.3 Å². The number of hydrogen-bond acceptors (Lipinski definition) is 2. The average Bonchev–Trinajstić information content (AvgIpc) is 2.62. The van der Waals surface area contributed by atoms with Gasteiger partial charge in [0.15, 0.2) is 11.6 Å². The summed E-state index contributed by atoms with van der Waals surface area (Å²) in [6.45, 7) is 1.84. The normalized spacial score (nSPS) is 12.0. The topological polar surface area (TPSA) is 38.3 Å². The first-order chi connectivity index (χ1) is 12.1. The summed E-state index contributed by atoms with van der Waals surface area (Å²) < 4.78 is 18.8. The van der Waals surface area contributed by atoms with E-state index < -0.39 is 5.82 Å². The number of fused-ring (bicyclic) bond motifs is 1. The maximum Gasteiger partial charge on any atom is 0.224 e. The number of nitrogens with one attached hydrogen (secondary N) is 1. The van der Waals surface area contributed by atoms with Crippen molar-refractivity contribution in [3.63, 3.8) is 0 Å². The van der Waals surface area contributed by atoms with Crippen LogP contribution in [0.4, 0.5) is 4.39 Å². The molecule has 128 valence electrons. The van der Waals surface area contributed by atoms with E-state index in [1.54, 1.807) is 12.1 Å². The minimum Gasteiger partial charge on any atom is -0.494 e. The van der Waals surface area contributed by atoms with E-state index in [9.17, 15) is 9.18 Å². The van der Waals surface area contributed by atoms with Gasteiger partial charge < -0.3 is 10.1 Å². The molecule has 0 aliphatic heterocycles. The van der Waals surface area contributed by atoms with E-state index in [0.29, 0.717) is 5.56 Å². The summed E-state index contributed by atoms with van der Waals surface area (Å²) in [4.78, 5) is 12.4. The van der Waals surface area contributed by atoms with Gasteiger partial charge in [0, 0.05) is 0 Å². The maximum absolute atomic E-state index is 13.8. The van der Waals surface area contributed by atoms with E-state index >= 15 is 0 Å². The maximum atomic E-state index is 13.8. The van der Waals surface area contributed by atoms with Crippen molar-refractivity contribution in [2.75, 3.05) is 7.11 Å². The van der Waals surface area contributed by atoms with Crippen LogP contribution in [0.3, 0.4) is 0 Å². The van der Waals surface area contributed by atoms with Crippen molar-refractivity contribution < 1.29 is 13.9 Å². The van der Waals surface area contributed by atoms with Gasteiger partial charge in [-0.2, -0.15) is 0 Å². The fourth-order valence-corrected chi connectivity index (χ4v) is 2.95. The number of hydrogen-bond donors (Lipinski definition) is 1. The highest BCUT2D eigenvalue weighted by molar-refractivity contribution is 5.90. The summed E-state index contributed by atoms with van der Waals surface area (Å²) in [5.74, 6) is -0.340. The molecule has 3 aromatic rings. The first kappa shape index (κ1) is 17.0. The number of rotatable bonds is 5. The van der Waals surface area contributed by atoms with E-state index in [4.69, 9.17) is 4.74 Å². The molecule has 0 unspecified atom stereocenters. The number of methoxy groups -OCH3 is 1. The third-order valence-electron chi connectivity index (χ3n) is 4.28. The molecule has 1 atom stereocenters. The average molecular weight is 337 g/mol. The molecule has 0 saturated carbocycles. The highest BCUT2D eigenvalue weighted by Crippen LogP contribution is 2.22. The summed E-state index contributed by atoms with van der Waals surface area (Å²) >= 11 is 0. The molecular weight excluding hydrogens is 317 g/mol.